The summed E-state index contributed by atoms with van der Waals surface area (Å²) in [5.74, 6) is -1.70. The fourth-order valence-corrected chi connectivity index (χ4v) is 2.86. The molecule has 0 aliphatic carbocycles. The van der Waals surface area contributed by atoms with Crippen LogP contribution in [0.1, 0.15) is 29.8 Å². The van der Waals surface area contributed by atoms with Gasteiger partial charge in [-0.3, -0.25) is 9.59 Å². The van der Waals surface area contributed by atoms with E-state index in [1.165, 1.54) is 4.90 Å². The van der Waals surface area contributed by atoms with Gasteiger partial charge < -0.3 is 15.0 Å². The molecule has 0 aliphatic heterocycles. The number of esters is 1. The van der Waals surface area contributed by atoms with Crippen molar-refractivity contribution in [3.05, 3.63) is 70.7 Å². The van der Waals surface area contributed by atoms with Crippen molar-refractivity contribution in [2.75, 3.05) is 13.7 Å². The number of ether oxygens (including phenoxy) is 1. The second-order valence-corrected chi connectivity index (χ2v) is 7.43. The molecule has 2 aromatic rings. The molecule has 154 valence electrons. The highest BCUT2D eigenvalue weighted by atomic mass is 35.5. The lowest BCUT2D eigenvalue weighted by Gasteiger charge is -2.22. The van der Waals surface area contributed by atoms with Crippen molar-refractivity contribution in [3.8, 4) is 0 Å². The minimum Gasteiger partial charge on any atom is -0.454 e. The van der Waals surface area contributed by atoms with Gasteiger partial charge in [-0.2, -0.15) is 0 Å². The van der Waals surface area contributed by atoms with E-state index in [0.717, 1.165) is 5.56 Å². The predicted molar refractivity (Wildman–Crippen MR) is 111 cm³/mol. The third kappa shape index (κ3) is 6.61. The number of carbonyl (C=O) groups is 3. The fraction of sp³-hybridized carbons (Fsp3) is 0.318. The van der Waals surface area contributed by atoms with Gasteiger partial charge in [0.25, 0.3) is 11.8 Å². The van der Waals surface area contributed by atoms with Gasteiger partial charge in [-0.15, -0.1) is 0 Å². The Labute approximate surface area is 175 Å². The Morgan fingerprint density at radius 2 is 1.66 bits per heavy atom. The van der Waals surface area contributed by atoms with Crippen molar-refractivity contribution in [1.82, 2.24) is 10.2 Å². The standard InChI is InChI=1S/C22H25ClN2O4/c1-15(2)20(24-21(27)17-11-7-8-12-18(17)23)22(28)29-14-19(26)25(3)13-16-9-5-4-6-10-16/h4-12,15,20H,13-14H2,1-3H3,(H,24,27). The van der Waals surface area contributed by atoms with Crippen LogP contribution in [0.15, 0.2) is 54.6 Å². The normalized spacial score (nSPS) is 11.6. The molecular weight excluding hydrogens is 392 g/mol. The van der Waals surface area contributed by atoms with Crippen molar-refractivity contribution >= 4 is 29.4 Å². The number of amides is 2. The molecular formula is C22H25ClN2O4. The first-order valence-electron chi connectivity index (χ1n) is 9.29. The van der Waals surface area contributed by atoms with Crippen molar-refractivity contribution in [1.29, 1.82) is 0 Å². The molecule has 29 heavy (non-hydrogen) atoms. The highest BCUT2D eigenvalue weighted by Crippen LogP contribution is 2.16. The van der Waals surface area contributed by atoms with Crippen molar-refractivity contribution in [2.45, 2.75) is 26.4 Å². The number of nitrogens with one attached hydrogen (secondary N) is 1. The fourth-order valence-electron chi connectivity index (χ4n) is 2.64. The van der Waals surface area contributed by atoms with Crippen molar-refractivity contribution < 1.29 is 19.1 Å². The third-order valence-electron chi connectivity index (χ3n) is 4.35. The summed E-state index contributed by atoms with van der Waals surface area (Å²) < 4.78 is 5.18. The van der Waals surface area contributed by atoms with E-state index in [9.17, 15) is 14.4 Å². The molecule has 1 N–H and O–H groups in total. The SMILES string of the molecule is CC(C)C(NC(=O)c1ccccc1Cl)C(=O)OCC(=O)N(C)Cc1ccccc1. The Kier molecular flexibility index (Phi) is 8.21. The minimum atomic E-state index is -0.897. The zero-order valence-electron chi connectivity index (χ0n) is 16.7. The third-order valence-corrected chi connectivity index (χ3v) is 4.68. The average Bonchev–Trinajstić information content (AvgIpc) is 2.70. The van der Waals surface area contributed by atoms with Gasteiger partial charge in [0, 0.05) is 13.6 Å². The summed E-state index contributed by atoms with van der Waals surface area (Å²) in [6.45, 7) is 3.58. The Bertz CT molecular complexity index is 855. The lowest BCUT2D eigenvalue weighted by molar-refractivity contribution is -0.154. The van der Waals surface area contributed by atoms with Crippen LogP contribution in [0.5, 0.6) is 0 Å². The van der Waals surface area contributed by atoms with E-state index >= 15 is 0 Å². The summed E-state index contributed by atoms with van der Waals surface area (Å²) in [6, 6.07) is 15.2. The molecule has 0 fully saturated rings. The molecule has 0 radical (unpaired) electrons. The van der Waals surface area contributed by atoms with Crippen LogP contribution < -0.4 is 5.32 Å². The predicted octanol–water partition coefficient (Wildman–Crippen LogP) is 3.30. The lowest BCUT2D eigenvalue weighted by Crippen LogP contribution is -2.46. The van der Waals surface area contributed by atoms with E-state index in [4.69, 9.17) is 16.3 Å². The smallest absolute Gasteiger partial charge is 0.329 e. The first-order chi connectivity index (χ1) is 13.8. The quantitative estimate of drug-likeness (QED) is 0.670. The molecule has 0 aliphatic rings. The number of likely N-dealkylation sites (N-methyl/N-ethyl adjacent to an activating group) is 1. The molecule has 0 heterocycles. The lowest BCUT2D eigenvalue weighted by atomic mass is 10.0. The average molecular weight is 417 g/mol. The molecule has 0 bridgehead atoms. The monoisotopic (exact) mass is 416 g/mol. The largest absolute Gasteiger partial charge is 0.454 e. The topological polar surface area (TPSA) is 75.7 Å². The molecule has 7 heteroatoms. The van der Waals surface area contributed by atoms with Gasteiger partial charge in [0.1, 0.15) is 6.04 Å². The zero-order chi connectivity index (χ0) is 21.4. The molecule has 2 rings (SSSR count). The highest BCUT2D eigenvalue weighted by molar-refractivity contribution is 6.33. The summed E-state index contributed by atoms with van der Waals surface area (Å²) in [5, 5.41) is 2.93. The Hall–Kier alpha value is -2.86. The van der Waals surface area contributed by atoms with Gasteiger partial charge in [-0.1, -0.05) is 67.9 Å². The van der Waals surface area contributed by atoms with Crippen molar-refractivity contribution in [3.63, 3.8) is 0 Å². The number of hydrogen-bond donors (Lipinski definition) is 1. The molecule has 1 unspecified atom stereocenters. The number of carbonyl (C=O) groups excluding carboxylic acids is 3. The van der Waals surface area contributed by atoms with Crippen LogP contribution in [0, 0.1) is 5.92 Å². The van der Waals surface area contributed by atoms with E-state index in [1.807, 2.05) is 30.3 Å². The number of rotatable bonds is 8. The molecule has 0 saturated carbocycles. The molecule has 1 atom stereocenters. The van der Waals surface area contributed by atoms with E-state index in [1.54, 1.807) is 45.2 Å². The molecule has 0 saturated heterocycles. The summed E-state index contributed by atoms with van der Waals surface area (Å²) >= 11 is 6.04. The van der Waals surface area contributed by atoms with Crippen LogP contribution in [0.4, 0.5) is 0 Å². The molecule has 2 amide bonds. The van der Waals surface area contributed by atoms with E-state index in [2.05, 4.69) is 5.32 Å². The first-order valence-corrected chi connectivity index (χ1v) is 9.67. The molecule has 0 aromatic heterocycles. The number of hydrogen-bond acceptors (Lipinski definition) is 4. The van der Waals surface area contributed by atoms with Crippen LogP contribution in [-0.4, -0.2) is 42.4 Å². The Morgan fingerprint density at radius 1 is 1.03 bits per heavy atom. The number of halogens is 1. The Morgan fingerprint density at radius 3 is 2.28 bits per heavy atom. The highest BCUT2D eigenvalue weighted by Gasteiger charge is 2.27. The van der Waals surface area contributed by atoms with Gasteiger partial charge >= 0.3 is 5.97 Å². The summed E-state index contributed by atoms with van der Waals surface area (Å²) in [5.41, 5.74) is 1.24. The van der Waals surface area contributed by atoms with Crippen LogP contribution in [0.25, 0.3) is 0 Å². The maximum absolute atomic E-state index is 12.5. The zero-order valence-corrected chi connectivity index (χ0v) is 17.5. The van der Waals surface area contributed by atoms with Gasteiger partial charge in [-0.25, -0.2) is 4.79 Å². The number of benzene rings is 2. The van der Waals surface area contributed by atoms with E-state index in [0.29, 0.717) is 11.6 Å². The molecule has 2 aromatic carbocycles. The van der Waals surface area contributed by atoms with E-state index < -0.39 is 24.5 Å². The van der Waals surface area contributed by atoms with Crippen LogP contribution in [0.3, 0.4) is 0 Å². The number of nitrogens with zero attached hydrogens (tertiary/aromatic N) is 1. The molecule has 6 nitrogen and oxygen atoms in total. The van der Waals surface area contributed by atoms with Gasteiger partial charge in [0.2, 0.25) is 0 Å². The molecule has 0 spiro atoms. The second-order valence-electron chi connectivity index (χ2n) is 7.02. The maximum Gasteiger partial charge on any atom is 0.329 e. The Balaban J connectivity index is 1.92. The van der Waals surface area contributed by atoms with Gasteiger partial charge in [-0.05, 0) is 23.6 Å². The van der Waals surface area contributed by atoms with E-state index in [-0.39, 0.29) is 17.4 Å². The van der Waals surface area contributed by atoms with Gasteiger partial charge in [0.15, 0.2) is 6.61 Å². The second kappa shape index (κ2) is 10.6. The summed E-state index contributed by atoms with van der Waals surface area (Å²) in [6.07, 6.45) is 0. The van der Waals surface area contributed by atoms with Crippen LogP contribution in [0.2, 0.25) is 5.02 Å². The van der Waals surface area contributed by atoms with Crippen molar-refractivity contribution in [2.24, 2.45) is 5.92 Å². The summed E-state index contributed by atoms with van der Waals surface area (Å²) in [4.78, 5) is 38.7. The van der Waals surface area contributed by atoms with Gasteiger partial charge in [0.05, 0.1) is 10.6 Å². The first kappa shape index (κ1) is 22.4. The minimum absolute atomic E-state index is 0.230. The van der Waals surface area contributed by atoms with Crippen LogP contribution in [-0.2, 0) is 20.9 Å². The maximum atomic E-state index is 12.5. The summed E-state index contributed by atoms with van der Waals surface area (Å²) in [7, 11) is 1.64. The van der Waals surface area contributed by atoms with Crippen LogP contribution >= 0.6 is 11.6 Å².